The first-order valence-electron chi connectivity index (χ1n) is 9.75. The van der Waals surface area contributed by atoms with Crippen molar-refractivity contribution in [2.24, 2.45) is 0 Å². The average molecular weight is 434 g/mol. The summed E-state index contributed by atoms with van der Waals surface area (Å²) in [6.45, 7) is 5.14. The molecule has 2 aromatic heterocycles. The van der Waals surface area contributed by atoms with Crippen molar-refractivity contribution in [2.75, 3.05) is 24.6 Å². The first kappa shape index (κ1) is 20.5. The molecule has 9 nitrogen and oxygen atoms in total. The second kappa shape index (κ2) is 8.15. The van der Waals surface area contributed by atoms with Crippen LogP contribution >= 0.6 is 0 Å². The average Bonchev–Trinajstić information content (AvgIpc) is 3.11. The van der Waals surface area contributed by atoms with Gasteiger partial charge < -0.3 is 9.64 Å². The number of halogens is 1. The van der Waals surface area contributed by atoms with E-state index in [1.807, 2.05) is 17.5 Å². The van der Waals surface area contributed by atoms with Crippen molar-refractivity contribution in [3.63, 3.8) is 0 Å². The Morgan fingerprint density at radius 2 is 2.03 bits per heavy atom. The lowest BCUT2D eigenvalue weighted by Gasteiger charge is -2.32. The highest BCUT2D eigenvalue weighted by Gasteiger charge is 2.27. The molecule has 0 unspecified atom stereocenters. The Bertz CT molecular complexity index is 1160. The van der Waals surface area contributed by atoms with Gasteiger partial charge in [-0.15, -0.1) is 10.2 Å². The number of piperidine rings is 1. The fourth-order valence-electron chi connectivity index (χ4n) is 3.57. The molecule has 1 N–H and O–H groups in total. The lowest BCUT2D eigenvalue weighted by Crippen LogP contribution is -2.45. The van der Waals surface area contributed by atoms with Crippen molar-refractivity contribution in [1.29, 1.82) is 0 Å². The fourth-order valence-corrected chi connectivity index (χ4v) is 4.89. The molecule has 30 heavy (non-hydrogen) atoms. The number of sulfonamides is 1. The summed E-state index contributed by atoms with van der Waals surface area (Å²) < 4.78 is 49.1. The van der Waals surface area contributed by atoms with Gasteiger partial charge in [0, 0.05) is 31.5 Å². The van der Waals surface area contributed by atoms with E-state index in [1.165, 1.54) is 12.1 Å². The monoisotopic (exact) mass is 434 g/mol. The number of hydrogen-bond acceptors (Lipinski definition) is 7. The minimum atomic E-state index is -3.83. The van der Waals surface area contributed by atoms with Crippen molar-refractivity contribution in [3.05, 3.63) is 42.2 Å². The molecule has 0 spiro atoms. The van der Waals surface area contributed by atoms with E-state index in [2.05, 4.69) is 24.8 Å². The predicted octanol–water partition coefficient (Wildman–Crippen LogP) is 1.92. The Morgan fingerprint density at radius 3 is 2.73 bits per heavy atom. The van der Waals surface area contributed by atoms with Gasteiger partial charge in [0.1, 0.15) is 5.82 Å². The number of nitrogens with one attached hydrogen (secondary N) is 1. The van der Waals surface area contributed by atoms with Gasteiger partial charge in [-0.2, -0.15) is 0 Å². The van der Waals surface area contributed by atoms with Crippen LogP contribution in [0.25, 0.3) is 5.65 Å². The summed E-state index contributed by atoms with van der Waals surface area (Å²) in [6, 6.07) is 3.42. The van der Waals surface area contributed by atoms with Crippen molar-refractivity contribution < 1.29 is 17.5 Å². The second-order valence-electron chi connectivity index (χ2n) is 7.10. The highest BCUT2D eigenvalue weighted by Crippen LogP contribution is 2.24. The molecule has 3 aromatic rings. The molecule has 1 saturated heterocycles. The summed E-state index contributed by atoms with van der Waals surface area (Å²) in [5, 5.41) is 8.28. The number of nitrogens with zero attached hydrogens (tertiary/aromatic N) is 5. The fraction of sp³-hybridized carbons (Fsp3) is 0.421. The molecule has 0 atom stereocenters. The molecule has 0 amide bonds. The van der Waals surface area contributed by atoms with Gasteiger partial charge >= 0.3 is 0 Å². The molecule has 1 aliphatic rings. The third-order valence-electron chi connectivity index (χ3n) is 5.11. The van der Waals surface area contributed by atoms with E-state index in [9.17, 15) is 12.8 Å². The zero-order chi connectivity index (χ0) is 21.3. The molecule has 1 aromatic carbocycles. The number of aromatic nitrogens is 4. The third-order valence-corrected chi connectivity index (χ3v) is 6.63. The van der Waals surface area contributed by atoms with E-state index in [0.717, 1.165) is 17.7 Å². The number of hydrogen-bond donors (Lipinski definition) is 1. The van der Waals surface area contributed by atoms with Crippen LogP contribution in [-0.4, -0.2) is 53.7 Å². The highest BCUT2D eigenvalue weighted by atomic mass is 32.2. The van der Waals surface area contributed by atoms with Crippen LogP contribution in [0.15, 0.2) is 35.5 Å². The molecule has 160 valence electrons. The van der Waals surface area contributed by atoms with Gasteiger partial charge in [0.2, 0.25) is 15.7 Å². The van der Waals surface area contributed by atoms with Crippen molar-refractivity contribution in [2.45, 2.75) is 37.6 Å². The van der Waals surface area contributed by atoms with Crippen LogP contribution in [0.2, 0.25) is 0 Å². The largest absolute Gasteiger partial charge is 0.491 e. The first-order valence-corrected chi connectivity index (χ1v) is 11.2. The Kier molecular flexibility index (Phi) is 5.56. The van der Waals surface area contributed by atoms with Gasteiger partial charge in [-0.05, 0) is 44.9 Å². The Labute approximate surface area is 173 Å². The van der Waals surface area contributed by atoms with E-state index in [4.69, 9.17) is 4.74 Å². The lowest BCUT2D eigenvalue weighted by molar-refractivity contribution is 0.321. The molecule has 4 rings (SSSR count). The van der Waals surface area contributed by atoms with Crippen LogP contribution in [0.4, 0.5) is 10.2 Å². The first-order chi connectivity index (χ1) is 14.4. The Morgan fingerprint density at radius 1 is 1.27 bits per heavy atom. The molecule has 0 saturated carbocycles. The molecule has 3 heterocycles. The molecular weight excluding hydrogens is 411 g/mol. The van der Waals surface area contributed by atoms with E-state index < -0.39 is 15.8 Å². The lowest BCUT2D eigenvalue weighted by atomic mass is 10.1. The van der Waals surface area contributed by atoms with Gasteiger partial charge in [0.25, 0.3) is 0 Å². The predicted molar refractivity (Wildman–Crippen MR) is 109 cm³/mol. The smallest absolute Gasteiger partial charge is 0.240 e. The number of aryl methyl sites for hydroxylation is 1. The van der Waals surface area contributed by atoms with Gasteiger partial charge in [0.15, 0.2) is 17.4 Å². The van der Waals surface area contributed by atoms with E-state index in [1.54, 1.807) is 13.1 Å². The van der Waals surface area contributed by atoms with E-state index in [-0.39, 0.29) is 16.7 Å². The van der Waals surface area contributed by atoms with Crippen LogP contribution < -0.4 is 14.4 Å². The normalized spacial score (nSPS) is 15.6. The maximum Gasteiger partial charge on any atom is 0.240 e. The van der Waals surface area contributed by atoms with Crippen LogP contribution in [0.1, 0.15) is 25.6 Å². The van der Waals surface area contributed by atoms with Gasteiger partial charge in [-0.25, -0.2) is 22.5 Å². The minimum Gasteiger partial charge on any atom is -0.491 e. The third kappa shape index (κ3) is 3.94. The minimum absolute atomic E-state index is 0.0372. The molecule has 0 bridgehead atoms. The zero-order valence-electron chi connectivity index (χ0n) is 16.7. The van der Waals surface area contributed by atoms with E-state index in [0.29, 0.717) is 38.2 Å². The SMILES string of the molecule is CCOc1ccc(S(=O)(=O)NC2CCN(c3nccn4c(C)nnc34)CC2)cc1F. The quantitative estimate of drug-likeness (QED) is 0.632. The number of ether oxygens (including phenoxy) is 1. The molecule has 1 fully saturated rings. The standard InChI is InChI=1S/C19H23FN6O3S/c1-3-29-17-5-4-15(12-16(17)20)30(27,28)24-14-6-9-25(10-7-14)18-19-23-22-13(2)26(19)11-8-21-18/h4-5,8,11-12,14,24H,3,6-7,9-10H2,1-2H3. The maximum atomic E-state index is 14.1. The highest BCUT2D eigenvalue weighted by molar-refractivity contribution is 7.89. The Balaban J connectivity index is 1.43. The van der Waals surface area contributed by atoms with Gasteiger partial charge in [-0.3, -0.25) is 4.40 Å². The van der Waals surface area contributed by atoms with Crippen molar-refractivity contribution in [3.8, 4) is 5.75 Å². The molecule has 11 heteroatoms. The number of benzene rings is 1. The second-order valence-corrected chi connectivity index (χ2v) is 8.81. The summed E-state index contributed by atoms with van der Waals surface area (Å²) >= 11 is 0. The topological polar surface area (TPSA) is 102 Å². The van der Waals surface area contributed by atoms with Gasteiger partial charge in [0.05, 0.1) is 11.5 Å². The number of rotatable bonds is 6. The van der Waals surface area contributed by atoms with Crippen molar-refractivity contribution >= 4 is 21.5 Å². The van der Waals surface area contributed by atoms with Crippen molar-refractivity contribution in [1.82, 2.24) is 24.3 Å². The summed E-state index contributed by atoms with van der Waals surface area (Å²) in [6.07, 6.45) is 4.70. The van der Waals surface area contributed by atoms with Crippen LogP contribution in [-0.2, 0) is 10.0 Å². The molecular formula is C19H23FN6O3S. The zero-order valence-corrected chi connectivity index (χ0v) is 17.6. The summed E-state index contributed by atoms with van der Waals surface area (Å²) in [5.41, 5.74) is 0.680. The number of fused-ring (bicyclic) bond motifs is 1. The maximum absolute atomic E-state index is 14.1. The van der Waals surface area contributed by atoms with E-state index >= 15 is 0 Å². The molecule has 0 radical (unpaired) electrons. The summed E-state index contributed by atoms with van der Waals surface area (Å²) in [5.74, 6) is 0.847. The number of anilines is 1. The molecule has 1 aliphatic heterocycles. The van der Waals surface area contributed by atoms with Crippen LogP contribution in [0, 0.1) is 12.7 Å². The van der Waals surface area contributed by atoms with Crippen LogP contribution in [0.5, 0.6) is 5.75 Å². The van der Waals surface area contributed by atoms with Gasteiger partial charge in [-0.1, -0.05) is 0 Å². The Hall–Kier alpha value is -2.79. The summed E-state index contributed by atoms with van der Waals surface area (Å²) in [7, 11) is -3.83. The molecule has 0 aliphatic carbocycles. The van der Waals surface area contributed by atoms with Crippen LogP contribution in [0.3, 0.4) is 0 Å². The summed E-state index contributed by atoms with van der Waals surface area (Å²) in [4.78, 5) is 6.39.